The molecule has 2 aromatic carbocycles. The number of pyridine rings is 1. The molecular formula is C25H25ClN2O5. The number of halogens is 1. The fourth-order valence-corrected chi connectivity index (χ4v) is 4.21. The summed E-state index contributed by atoms with van der Waals surface area (Å²) >= 11 is 6.28. The van der Waals surface area contributed by atoms with Gasteiger partial charge in [0.05, 0.1) is 12.2 Å². The second-order valence-corrected chi connectivity index (χ2v) is 8.10. The van der Waals surface area contributed by atoms with Crippen LogP contribution < -0.4 is 10.9 Å². The van der Waals surface area contributed by atoms with Gasteiger partial charge >= 0.3 is 6.09 Å². The Balaban J connectivity index is 1.72. The number of hydrogen-bond donors (Lipinski definition) is 1. The maximum absolute atomic E-state index is 13.4. The fraction of sp³-hybridized carbons (Fsp3) is 0.280. The first-order chi connectivity index (χ1) is 16.0. The molecule has 0 radical (unpaired) electrons. The third-order valence-electron chi connectivity index (χ3n) is 5.68. The van der Waals surface area contributed by atoms with E-state index < -0.39 is 12.4 Å². The van der Waals surface area contributed by atoms with Crippen molar-refractivity contribution >= 4 is 17.7 Å². The zero-order valence-corrected chi connectivity index (χ0v) is 19.2. The van der Waals surface area contributed by atoms with E-state index >= 15 is 0 Å². The third kappa shape index (κ3) is 4.95. The minimum absolute atomic E-state index is 0.0160. The van der Waals surface area contributed by atoms with Crippen molar-refractivity contribution < 1.29 is 19.0 Å². The van der Waals surface area contributed by atoms with E-state index in [1.165, 1.54) is 14.2 Å². The topological polar surface area (TPSA) is 78.8 Å². The molecule has 33 heavy (non-hydrogen) atoms. The summed E-state index contributed by atoms with van der Waals surface area (Å²) < 4.78 is 17.4. The molecule has 0 atom stereocenters. The predicted molar refractivity (Wildman–Crippen MR) is 126 cm³/mol. The van der Waals surface area contributed by atoms with Crippen LogP contribution in [0, 0.1) is 0 Å². The van der Waals surface area contributed by atoms with Crippen molar-refractivity contribution in [3.63, 3.8) is 0 Å². The Labute approximate surface area is 196 Å². The Hall–Kier alpha value is -3.13. The van der Waals surface area contributed by atoms with E-state index in [1.807, 2.05) is 48.5 Å². The van der Waals surface area contributed by atoms with Crippen LogP contribution >= 0.6 is 11.6 Å². The number of rotatable bonds is 7. The highest BCUT2D eigenvalue weighted by molar-refractivity contribution is 6.30. The molecule has 2 heterocycles. The molecule has 0 unspecified atom stereocenters. The normalized spacial score (nSPS) is 12.2. The van der Waals surface area contributed by atoms with Crippen LogP contribution in [0.4, 0.5) is 4.79 Å². The van der Waals surface area contributed by atoms with Crippen LogP contribution in [0.3, 0.4) is 0 Å². The van der Waals surface area contributed by atoms with E-state index in [4.69, 9.17) is 25.8 Å². The van der Waals surface area contributed by atoms with Gasteiger partial charge in [0.25, 0.3) is 5.56 Å². The highest BCUT2D eigenvalue weighted by Crippen LogP contribution is 2.35. The minimum atomic E-state index is -0.609. The second-order valence-electron chi connectivity index (χ2n) is 7.66. The average Bonchev–Trinajstić information content (AvgIpc) is 2.84. The van der Waals surface area contributed by atoms with Gasteiger partial charge in [0, 0.05) is 42.5 Å². The van der Waals surface area contributed by atoms with Gasteiger partial charge in [-0.1, -0.05) is 48.0 Å². The van der Waals surface area contributed by atoms with Crippen molar-refractivity contribution in [1.82, 2.24) is 9.88 Å². The van der Waals surface area contributed by atoms with E-state index in [0.717, 1.165) is 27.9 Å². The Morgan fingerprint density at radius 1 is 1.09 bits per heavy atom. The van der Waals surface area contributed by atoms with Crippen LogP contribution in [-0.2, 0) is 33.8 Å². The average molecular weight is 469 g/mol. The number of aryl methyl sites for hydroxylation is 1. The molecule has 0 fully saturated rings. The molecule has 1 aliphatic rings. The Morgan fingerprint density at radius 2 is 1.85 bits per heavy atom. The van der Waals surface area contributed by atoms with Crippen molar-refractivity contribution in [3.05, 3.63) is 81.1 Å². The summed E-state index contributed by atoms with van der Waals surface area (Å²) in [5, 5.41) is 3.20. The smallest absolute Gasteiger partial charge is 0.407 e. The first kappa shape index (κ1) is 23.0. The van der Waals surface area contributed by atoms with Crippen LogP contribution in [0.5, 0.6) is 0 Å². The first-order valence-electron chi connectivity index (χ1n) is 10.6. The van der Waals surface area contributed by atoms with E-state index in [-0.39, 0.29) is 18.7 Å². The highest BCUT2D eigenvalue weighted by Gasteiger charge is 2.24. The number of amides is 1. The Morgan fingerprint density at radius 3 is 2.58 bits per heavy atom. The molecule has 0 aliphatic carbocycles. The summed E-state index contributed by atoms with van der Waals surface area (Å²) in [5.74, 6) is 0. The molecule has 172 valence electrons. The number of nitrogens with zero attached hydrogens (tertiary/aromatic N) is 1. The van der Waals surface area contributed by atoms with Crippen LogP contribution in [0.1, 0.15) is 11.1 Å². The number of aromatic nitrogens is 1. The molecule has 3 aromatic rings. The van der Waals surface area contributed by atoms with Crippen molar-refractivity contribution in [1.29, 1.82) is 0 Å². The Kier molecular flexibility index (Phi) is 7.13. The van der Waals surface area contributed by atoms with E-state index in [1.54, 1.807) is 10.6 Å². The van der Waals surface area contributed by atoms with Gasteiger partial charge in [0.15, 0.2) is 6.29 Å². The fourth-order valence-electron chi connectivity index (χ4n) is 4.03. The summed E-state index contributed by atoms with van der Waals surface area (Å²) in [4.78, 5) is 25.7. The lowest BCUT2D eigenvalue weighted by Gasteiger charge is -2.26. The van der Waals surface area contributed by atoms with Crippen LogP contribution in [0.25, 0.3) is 22.4 Å². The first-order valence-corrected chi connectivity index (χ1v) is 11.0. The van der Waals surface area contributed by atoms with E-state index in [0.29, 0.717) is 23.6 Å². The summed E-state index contributed by atoms with van der Waals surface area (Å²) in [6.07, 6.45) is -0.463. The number of benzene rings is 2. The van der Waals surface area contributed by atoms with Crippen molar-refractivity contribution in [2.45, 2.75) is 25.9 Å². The largest absolute Gasteiger partial charge is 0.445 e. The highest BCUT2D eigenvalue weighted by atomic mass is 35.5. The summed E-state index contributed by atoms with van der Waals surface area (Å²) in [6, 6.07) is 16.9. The number of methoxy groups -OCH3 is 2. The van der Waals surface area contributed by atoms with E-state index in [2.05, 4.69) is 5.32 Å². The molecule has 1 aromatic heterocycles. The second kappa shape index (κ2) is 10.2. The number of carbonyl (C=O) groups excluding carboxylic acids is 1. The molecule has 1 amide bonds. The van der Waals surface area contributed by atoms with E-state index in [9.17, 15) is 9.59 Å². The van der Waals surface area contributed by atoms with Gasteiger partial charge in [-0.25, -0.2) is 4.79 Å². The number of alkyl carbamates (subject to hydrolysis) is 1. The minimum Gasteiger partial charge on any atom is -0.445 e. The molecule has 4 rings (SSSR count). The molecular weight excluding hydrogens is 444 g/mol. The molecule has 0 saturated carbocycles. The van der Waals surface area contributed by atoms with Crippen LogP contribution in [0.2, 0.25) is 5.02 Å². The molecule has 1 N–H and O–H groups in total. The van der Waals surface area contributed by atoms with Crippen molar-refractivity contribution in [2.24, 2.45) is 0 Å². The van der Waals surface area contributed by atoms with Gasteiger partial charge in [-0.2, -0.15) is 0 Å². The SMILES string of the molecule is COC(CNC(=O)OCc1cc(-c2ccccc2)c(=O)n2c1-c1cc(Cl)ccc1CC2)OC. The van der Waals surface area contributed by atoms with Crippen LogP contribution in [0.15, 0.2) is 59.4 Å². The molecule has 1 aliphatic heterocycles. The zero-order valence-electron chi connectivity index (χ0n) is 18.5. The van der Waals surface area contributed by atoms with Crippen molar-refractivity contribution in [3.8, 4) is 22.4 Å². The lowest BCUT2D eigenvalue weighted by molar-refractivity contribution is -0.0980. The maximum Gasteiger partial charge on any atom is 0.407 e. The summed E-state index contributed by atoms with van der Waals surface area (Å²) in [5.41, 5.74) is 4.71. The van der Waals surface area contributed by atoms with Gasteiger partial charge in [-0.3, -0.25) is 4.79 Å². The molecule has 0 spiro atoms. The third-order valence-corrected chi connectivity index (χ3v) is 5.92. The van der Waals surface area contributed by atoms with Gasteiger partial charge in [-0.05, 0) is 35.7 Å². The monoisotopic (exact) mass is 468 g/mol. The van der Waals surface area contributed by atoms with Gasteiger partial charge in [0.1, 0.15) is 6.61 Å². The van der Waals surface area contributed by atoms with Gasteiger partial charge in [0.2, 0.25) is 0 Å². The standard InChI is InChI=1S/C25H25ClN2O5/c1-31-22(32-2)14-27-25(30)33-15-18-12-21(16-6-4-3-5-7-16)24(29)28-11-10-17-8-9-19(26)13-20(17)23(18)28/h3-9,12-13,22H,10-11,14-15H2,1-2H3,(H,27,30). The number of carbonyl (C=O) groups is 1. The zero-order chi connectivity index (χ0) is 23.4. The Bertz CT molecular complexity index is 1210. The number of ether oxygens (including phenoxy) is 3. The van der Waals surface area contributed by atoms with Gasteiger partial charge < -0.3 is 24.1 Å². The summed E-state index contributed by atoms with van der Waals surface area (Å²) in [7, 11) is 2.98. The predicted octanol–water partition coefficient (Wildman–Crippen LogP) is 4.24. The maximum atomic E-state index is 13.4. The number of nitrogens with one attached hydrogen (secondary N) is 1. The lowest BCUT2D eigenvalue weighted by atomic mass is 9.92. The van der Waals surface area contributed by atoms with Crippen molar-refractivity contribution in [2.75, 3.05) is 20.8 Å². The lowest BCUT2D eigenvalue weighted by Crippen LogP contribution is -2.34. The quantitative estimate of drug-likeness (QED) is 0.525. The van der Waals surface area contributed by atoms with Crippen LogP contribution in [-0.4, -0.2) is 37.7 Å². The molecule has 0 bridgehead atoms. The molecule has 8 heteroatoms. The van der Waals surface area contributed by atoms with Gasteiger partial charge in [-0.15, -0.1) is 0 Å². The molecule has 7 nitrogen and oxygen atoms in total. The molecule has 0 saturated heterocycles. The summed E-state index contributed by atoms with van der Waals surface area (Å²) in [6.45, 7) is 0.662. The number of fused-ring (bicyclic) bond motifs is 3. The number of hydrogen-bond acceptors (Lipinski definition) is 5.